The van der Waals surface area contributed by atoms with E-state index in [0.29, 0.717) is 19.1 Å². The van der Waals surface area contributed by atoms with E-state index in [1.54, 1.807) is 4.90 Å². The van der Waals surface area contributed by atoms with E-state index in [2.05, 4.69) is 10.6 Å². The Morgan fingerprint density at radius 3 is 2.65 bits per heavy atom. The molecule has 0 spiro atoms. The molecule has 1 saturated heterocycles. The number of hydrogen-bond donors (Lipinski definition) is 2. The molecule has 6 nitrogen and oxygen atoms in total. The van der Waals surface area contributed by atoms with Gasteiger partial charge in [0.1, 0.15) is 0 Å². The van der Waals surface area contributed by atoms with E-state index in [9.17, 15) is 9.59 Å². The summed E-state index contributed by atoms with van der Waals surface area (Å²) in [6.45, 7) is 2.81. The number of carbonyl (C=O) groups excluding carboxylic acids is 2. The van der Waals surface area contributed by atoms with E-state index in [1.165, 1.54) is 0 Å². The highest BCUT2D eigenvalue weighted by Crippen LogP contribution is 2.21. The van der Waals surface area contributed by atoms with Gasteiger partial charge in [0.25, 0.3) is 0 Å². The van der Waals surface area contributed by atoms with Crippen LogP contribution in [-0.4, -0.2) is 68.1 Å². The van der Waals surface area contributed by atoms with Crippen LogP contribution in [0.3, 0.4) is 0 Å². The number of hydrogen-bond acceptors (Lipinski definition) is 3. The molecule has 6 heteroatoms. The van der Waals surface area contributed by atoms with Gasteiger partial charge in [-0.2, -0.15) is 0 Å². The average molecular weight is 282 g/mol. The van der Waals surface area contributed by atoms with Crippen molar-refractivity contribution in [3.63, 3.8) is 0 Å². The summed E-state index contributed by atoms with van der Waals surface area (Å²) in [5.41, 5.74) is 0. The first kappa shape index (κ1) is 15.1. The molecule has 2 aliphatic rings. The number of amides is 3. The zero-order chi connectivity index (χ0) is 14.5. The van der Waals surface area contributed by atoms with Crippen LogP contribution in [0.5, 0.6) is 0 Å². The van der Waals surface area contributed by atoms with E-state index in [-0.39, 0.29) is 17.9 Å². The molecule has 2 rings (SSSR count). The van der Waals surface area contributed by atoms with E-state index < -0.39 is 0 Å². The maximum atomic E-state index is 12.1. The van der Waals surface area contributed by atoms with Crippen LogP contribution in [0.1, 0.15) is 25.7 Å². The molecule has 0 aromatic heterocycles. The van der Waals surface area contributed by atoms with Gasteiger partial charge in [0, 0.05) is 32.2 Å². The molecule has 2 fully saturated rings. The van der Waals surface area contributed by atoms with Gasteiger partial charge >= 0.3 is 6.03 Å². The maximum absolute atomic E-state index is 12.1. The summed E-state index contributed by atoms with van der Waals surface area (Å²) in [5, 5.41) is 5.95. The number of likely N-dealkylation sites (tertiary alicyclic amines) is 1. The Labute approximate surface area is 120 Å². The Morgan fingerprint density at radius 1 is 1.25 bits per heavy atom. The molecule has 20 heavy (non-hydrogen) atoms. The van der Waals surface area contributed by atoms with Gasteiger partial charge in [0.05, 0.1) is 5.92 Å². The lowest BCUT2D eigenvalue weighted by Gasteiger charge is -2.32. The Balaban J connectivity index is 1.73. The summed E-state index contributed by atoms with van der Waals surface area (Å²) in [6.07, 6.45) is 3.97. The molecule has 1 saturated carbocycles. The third kappa shape index (κ3) is 4.67. The fraction of sp³-hybridized carbons (Fsp3) is 0.857. The summed E-state index contributed by atoms with van der Waals surface area (Å²) >= 11 is 0. The molecular weight excluding hydrogens is 256 g/mol. The first-order valence-electron chi connectivity index (χ1n) is 7.54. The molecule has 1 heterocycles. The molecule has 2 N–H and O–H groups in total. The van der Waals surface area contributed by atoms with Crippen LogP contribution in [0.2, 0.25) is 0 Å². The SMILES string of the molecule is CN(C)CCNC(=O)C1CCCN(C(=O)NC2CC2)C1. The predicted octanol–water partition coefficient (Wildman–Crippen LogP) is 0.248. The number of piperidine rings is 1. The van der Waals surface area contributed by atoms with Crippen LogP contribution < -0.4 is 10.6 Å². The quantitative estimate of drug-likeness (QED) is 0.759. The lowest BCUT2D eigenvalue weighted by Crippen LogP contribution is -2.49. The number of nitrogens with zero attached hydrogens (tertiary/aromatic N) is 2. The number of likely N-dealkylation sites (N-methyl/N-ethyl adjacent to an activating group) is 1. The summed E-state index contributed by atoms with van der Waals surface area (Å²) in [4.78, 5) is 27.9. The molecule has 114 valence electrons. The van der Waals surface area contributed by atoms with Crippen molar-refractivity contribution >= 4 is 11.9 Å². The van der Waals surface area contributed by atoms with Gasteiger partial charge < -0.3 is 20.4 Å². The fourth-order valence-electron chi connectivity index (χ4n) is 2.42. The second-order valence-corrected chi connectivity index (χ2v) is 6.10. The zero-order valence-electron chi connectivity index (χ0n) is 12.5. The lowest BCUT2D eigenvalue weighted by atomic mass is 9.97. The maximum Gasteiger partial charge on any atom is 0.317 e. The summed E-state index contributed by atoms with van der Waals surface area (Å²) in [7, 11) is 3.97. The Morgan fingerprint density at radius 2 is 2.00 bits per heavy atom. The number of rotatable bonds is 5. The van der Waals surface area contributed by atoms with Crippen molar-refractivity contribution in [2.75, 3.05) is 40.3 Å². The minimum atomic E-state index is -0.0594. The number of nitrogens with one attached hydrogen (secondary N) is 2. The fourth-order valence-corrected chi connectivity index (χ4v) is 2.42. The standard InChI is InChI=1S/C14H26N4O2/c1-17(2)9-7-15-13(19)11-4-3-8-18(10-11)14(20)16-12-5-6-12/h11-12H,3-10H2,1-2H3,(H,15,19)(H,16,20). The molecule has 0 radical (unpaired) electrons. The molecule has 1 unspecified atom stereocenters. The van der Waals surface area contributed by atoms with E-state index in [0.717, 1.165) is 38.8 Å². The van der Waals surface area contributed by atoms with Crippen molar-refractivity contribution < 1.29 is 9.59 Å². The van der Waals surface area contributed by atoms with Crippen molar-refractivity contribution in [1.29, 1.82) is 0 Å². The normalized spacial score (nSPS) is 22.8. The second-order valence-electron chi connectivity index (χ2n) is 6.10. The van der Waals surface area contributed by atoms with Crippen molar-refractivity contribution in [2.24, 2.45) is 5.92 Å². The Hall–Kier alpha value is -1.30. The number of carbonyl (C=O) groups is 2. The van der Waals surface area contributed by atoms with Gasteiger partial charge in [-0.25, -0.2) is 4.79 Å². The van der Waals surface area contributed by atoms with Crippen LogP contribution >= 0.6 is 0 Å². The molecule has 0 aromatic rings. The second kappa shape index (κ2) is 6.92. The van der Waals surface area contributed by atoms with Crippen molar-refractivity contribution in [3.05, 3.63) is 0 Å². The van der Waals surface area contributed by atoms with Gasteiger partial charge in [-0.3, -0.25) is 4.79 Å². The summed E-state index contributed by atoms with van der Waals surface area (Å²) < 4.78 is 0. The van der Waals surface area contributed by atoms with Gasteiger partial charge in [0.2, 0.25) is 5.91 Å². The molecule has 1 atom stereocenters. The monoisotopic (exact) mass is 282 g/mol. The van der Waals surface area contributed by atoms with Crippen LogP contribution in [0, 0.1) is 5.92 Å². The number of urea groups is 1. The van der Waals surface area contributed by atoms with Gasteiger partial charge in [-0.15, -0.1) is 0 Å². The average Bonchev–Trinajstić information content (AvgIpc) is 3.22. The summed E-state index contributed by atoms with van der Waals surface area (Å²) in [6, 6.07) is 0.370. The minimum Gasteiger partial charge on any atom is -0.355 e. The van der Waals surface area contributed by atoms with Crippen LogP contribution in [0.25, 0.3) is 0 Å². The Kier molecular flexibility index (Phi) is 5.23. The molecule has 3 amide bonds. The first-order chi connectivity index (χ1) is 9.56. The largest absolute Gasteiger partial charge is 0.355 e. The highest BCUT2D eigenvalue weighted by Gasteiger charge is 2.31. The smallest absolute Gasteiger partial charge is 0.317 e. The highest BCUT2D eigenvalue weighted by molar-refractivity contribution is 5.81. The molecule has 0 bridgehead atoms. The zero-order valence-corrected chi connectivity index (χ0v) is 12.5. The van der Waals surface area contributed by atoms with E-state index >= 15 is 0 Å². The molecular formula is C14H26N4O2. The van der Waals surface area contributed by atoms with Gasteiger partial charge in [0.15, 0.2) is 0 Å². The molecule has 1 aliphatic heterocycles. The van der Waals surface area contributed by atoms with Crippen LogP contribution in [0.4, 0.5) is 4.79 Å². The molecule has 0 aromatic carbocycles. The molecule has 1 aliphatic carbocycles. The van der Waals surface area contributed by atoms with Crippen molar-refractivity contribution in [2.45, 2.75) is 31.7 Å². The van der Waals surface area contributed by atoms with Crippen molar-refractivity contribution in [1.82, 2.24) is 20.4 Å². The van der Waals surface area contributed by atoms with E-state index in [1.807, 2.05) is 19.0 Å². The minimum absolute atomic E-state index is 0.00158. The third-order valence-corrected chi connectivity index (χ3v) is 3.84. The summed E-state index contributed by atoms with van der Waals surface area (Å²) in [5.74, 6) is 0.0200. The van der Waals surface area contributed by atoms with E-state index in [4.69, 9.17) is 0 Å². The van der Waals surface area contributed by atoms with Crippen molar-refractivity contribution in [3.8, 4) is 0 Å². The highest BCUT2D eigenvalue weighted by atomic mass is 16.2. The van der Waals surface area contributed by atoms with Crippen LogP contribution in [0.15, 0.2) is 0 Å². The lowest BCUT2D eigenvalue weighted by molar-refractivity contribution is -0.126. The Bertz CT molecular complexity index is 355. The van der Waals surface area contributed by atoms with Gasteiger partial charge in [-0.05, 0) is 39.8 Å². The topological polar surface area (TPSA) is 64.7 Å². The van der Waals surface area contributed by atoms with Gasteiger partial charge in [-0.1, -0.05) is 0 Å². The first-order valence-corrected chi connectivity index (χ1v) is 7.54. The predicted molar refractivity (Wildman–Crippen MR) is 77.4 cm³/mol. The third-order valence-electron chi connectivity index (χ3n) is 3.84. The van der Waals surface area contributed by atoms with Crippen LogP contribution in [-0.2, 0) is 4.79 Å².